The van der Waals surface area contributed by atoms with Crippen molar-refractivity contribution in [2.24, 2.45) is 0 Å². The number of rotatable bonds is 3. The fraction of sp³-hybridized carbons (Fsp3) is 0.368. The average Bonchev–Trinajstić information content (AvgIpc) is 2.61. The van der Waals surface area contributed by atoms with Gasteiger partial charge in [0.15, 0.2) is 0 Å². The third-order valence-corrected chi connectivity index (χ3v) is 4.81. The van der Waals surface area contributed by atoms with Gasteiger partial charge in [-0.3, -0.25) is 4.79 Å². The van der Waals surface area contributed by atoms with Crippen molar-refractivity contribution in [1.29, 1.82) is 0 Å². The number of carbonyl (C=O) groups is 1. The van der Waals surface area contributed by atoms with Gasteiger partial charge >= 0.3 is 0 Å². The molecule has 1 saturated heterocycles. The van der Waals surface area contributed by atoms with E-state index in [0.29, 0.717) is 16.8 Å². The van der Waals surface area contributed by atoms with Gasteiger partial charge in [-0.05, 0) is 43.9 Å². The van der Waals surface area contributed by atoms with Crippen LogP contribution >= 0.6 is 11.6 Å². The number of hydrogen-bond acceptors (Lipinski definition) is 2. The number of likely N-dealkylation sites (tertiary alicyclic amines) is 1. The van der Waals surface area contributed by atoms with Crippen molar-refractivity contribution in [3.05, 3.63) is 53.2 Å². The molecule has 1 atom stereocenters. The van der Waals surface area contributed by atoms with Crippen LogP contribution in [0.25, 0.3) is 11.3 Å². The topological polar surface area (TPSA) is 33.2 Å². The van der Waals surface area contributed by atoms with Crippen molar-refractivity contribution in [3.63, 3.8) is 0 Å². The van der Waals surface area contributed by atoms with E-state index in [1.54, 1.807) is 6.07 Å². The second-order valence-corrected chi connectivity index (χ2v) is 6.35. The Morgan fingerprint density at radius 3 is 2.83 bits per heavy atom. The second-order valence-electron chi connectivity index (χ2n) is 5.94. The van der Waals surface area contributed by atoms with Crippen molar-refractivity contribution in [1.82, 2.24) is 9.88 Å². The lowest BCUT2D eigenvalue weighted by molar-refractivity contribution is 0.0602. The molecule has 3 rings (SSSR count). The first-order valence-electron chi connectivity index (χ1n) is 8.23. The normalized spacial score (nSPS) is 18.0. The molecule has 1 aliphatic rings. The van der Waals surface area contributed by atoms with Gasteiger partial charge in [0.05, 0.1) is 5.69 Å². The van der Waals surface area contributed by atoms with Crippen molar-refractivity contribution in [2.45, 2.75) is 38.6 Å². The molecule has 0 spiro atoms. The summed E-state index contributed by atoms with van der Waals surface area (Å²) in [6.45, 7) is 2.97. The molecule has 2 heterocycles. The molecule has 23 heavy (non-hydrogen) atoms. The summed E-state index contributed by atoms with van der Waals surface area (Å²) < 4.78 is 0. The number of aromatic nitrogens is 1. The molecular formula is C19H21ClN2O. The van der Waals surface area contributed by atoms with Crippen LogP contribution in [0.1, 0.15) is 43.1 Å². The Bertz CT molecular complexity index is 701. The van der Waals surface area contributed by atoms with E-state index in [1.165, 1.54) is 6.42 Å². The van der Waals surface area contributed by atoms with Crippen LogP contribution in [0.5, 0.6) is 0 Å². The van der Waals surface area contributed by atoms with Crippen LogP contribution < -0.4 is 0 Å². The summed E-state index contributed by atoms with van der Waals surface area (Å²) in [7, 11) is 0. The highest BCUT2D eigenvalue weighted by Crippen LogP contribution is 2.27. The molecule has 2 aromatic rings. The SMILES string of the molecule is CCC1CCCCN1C(=O)c1cccc(-c2ccccc2Cl)n1. The Morgan fingerprint density at radius 1 is 1.22 bits per heavy atom. The molecule has 0 bridgehead atoms. The largest absolute Gasteiger partial charge is 0.334 e. The Kier molecular flexibility index (Phi) is 4.97. The Labute approximate surface area is 142 Å². The van der Waals surface area contributed by atoms with Gasteiger partial charge in [0, 0.05) is 23.2 Å². The smallest absolute Gasteiger partial charge is 0.272 e. The van der Waals surface area contributed by atoms with Crippen LogP contribution in [-0.2, 0) is 0 Å². The summed E-state index contributed by atoms with van der Waals surface area (Å²) in [5.41, 5.74) is 2.10. The molecule has 1 aromatic carbocycles. The van der Waals surface area contributed by atoms with Crippen molar-refractivity contribution < 1.29 is 4.79 Å². The highest BCUT2D eigenvalue weighted by Gasteiger charge is 2.27. The monoisotopic (exact) mass is 328 g/mol. The summed E-state index contributed by atoms with van der Waals surface area (Å²) in [6, 6.07) is 13.5. The number of carbonyl (C=O) groups excluding carboxylic acids is 1. The van der Waals surface area contributed by atoms with E-state index in [9.17, 15) is 4.79 Å². The van der Waals surface area contributed by atoms with Gasteiger partial charge in [-0.15, -0.1) is 0 Å². The number of amides is 1. The minimum Gasteiger partial charge on any atom is -0.334 e. The summed E-state index contributed by atoms with van der Waals surface area (Å²) in [5.74, 6) is 0.0328. The zero-order valence-electron chi connectivity index (χ0n) is 13.3. The van der Waals surface area contributed by atoms with Gasteiger partial charge in [0.1, 0.15) is 5.69 Å². The predicted molar refractivity (Wildman–Crippen MR) is 93.6 cm³/mol. The molecular weight excluding hydrogens is 308 g/mol. The van der Waals surface area contributed by atoms with Gasteiger partial charge in [-0.2, -0.15) is 0 Å². The summed E-state index contributed by atoms with van der Waals surface area (Å²) in [5, 5.41) is 0.647. The Balaban J connectivity index is 1.90. The molecule has 0 saturated carbocycles. The Hall–Kier alpha value is -1.87. The molecule has 0 radical (unpaired) electrons. The molecule has 1 amide bonds. The lowest BCUT2D eigenvalue weighted by atomic mass is 9.99. The highest BCUT2D eigenvalue weighted by molar-refractivity contribution is 6.33. The maximum Gasteiger partial charge on any atom is 0.272 e. The molecule has 4 heteroatoms. The van der Waals surface area contributed by atoms with E-state index >= 15 is 0 Å². The minimum atomic E-state index is 0.0328. The summed E-state index contributed by atoms with van der Waals surface area (Å²) >= 11 is 6.25. The lowest BCUT2D eigenvalue weighted by Gasteiger charge is -2.35. The van der Waals surface area contributed by atoms with Crippen LogP contribution in [0.3, 0.4) is 0 Å². The first-order valence-corrected chi connectivity index (χ1v) is 8.61. The van der Waals surface area contributed by atoms with Crippen molar-refractivity contribution in [3.8, 4) is 11.3 Å². The zero-order valence-corrected chi connectivity index (χ0v) is 14.1. The highest BCUT2D eigenvalue weighted by atomic mass is 35.5. The fourth-order valence-electron chi connectivity index (χ4n) is 3.21. The fourth-order valence-corrected chi connectivity index (χ4v) is 3.44. The lowest BCUT2D eigenvalue weighted by Crippen LogP contribution is -2.43. The molecule has 3 nitrogen and oxygen atoms in total. The summed E-state index contributed by atoms with van der Waals surface area (Å²) in [6.07, 6.45) is 4.37. The first-order chi connectivity index (χ1) is 11.2. The van der Waals surface area contributed by atoms with E-state index < -0.39 is 0 Å². The van der Waals surface area contributed by atoms with Crippen LogP contribution in [-0.4, -0.2) is 28.4 Å². The number of benzene rings is 1. The molecule has 1 aromatic heterocycles. The number of hydrogen-bond donors (Lipinski definition) is 0. The Morgan fingerprint density at radius 2 is 2.04 bits per heavy atom. The van der Waals surface area contributed by atoms with E-state index in [1.807, 2.05) is 41.3 Å². The first kappa shape index (κ1) is 16.0. The number of pyridine rings is 1. The maximum absolute atomic E-state index is 12.9. The third-order valence-electron chi connectivity index (χ3n) is 4.48. The van der Waals surface area contributed by atoms with Gasteiger partial charge in [-0.25, -0.2) is 4.98 Å². The van der Waals surface area contributed by atoms with Crippen molar-refractivity contribution in [2.75, 3.05) is 6.54 Å². The summed E-state index contributed by atoms with van der Waals surface area (Å²) in [4.78, 5) is 19.4. The zero-order chi connectivity index (χ0) is 16.2. The number of nitrogens with zero attached hydrogens (tertiary/aromatic N) is 2. The van der Waals surface area contributed by atoms with E-state index in [0.717, 1.165) is 37.1 Å². The van der Waals surface area contributed by atoms with Gasteiger partial charge in [-0.1, -0.05) is 42.8 Å². The van der Waals surface area contributed by atoms with Crippen LogP contribution in [0.15, 0.2) is 42.5 Å². The molecule has 0 aliphatic carbocycles. The van der Waals surface area contributed by atoms with Crippen LogP contribution in [0.4, 0.5) is 0 Å². The average molecular weight is 329 g/mol. The standard InChI is InChI=1S/C19H21ClN2O/c1-2-14-8-5-6-13-22(14)19(23)18-12-7-11-17(21-18)15-9-3-4-10-16(15)20/h3-4,7,9-12,14H,2,5-6,8,13H2,1H3. The maximum atomic E-state index is 12.9. The van der Waals surface area contributed by atoms with E-state index in [4.69, 9.17) is 11.6 Å². The van der Waals surface area contributed by atoms with Gasteiger partial charge in [0.2, 0.25) is 0 Å². The molecule has 1 fully saturated rings. The van der Waals surface area contributed by atoms with Gasteiger partial charge in [0.25, 0.3) is 5.91 Å². The third kappa shape index (κ3) is 3.40. The molecule has 1 aliphatic heterocycles. The second kappa shape index (κ2) is 7.14. The predicted octanol–water partition coefficient (Wildman–Crippen LogP) is 4.81. The molecule has 1 unspecified atom stereocenters. The molecule has 0 N–H and O–H groups in total. The van der Waals surface area contributed by atoms with Crippen molar-refractivity contribution >= 4 is 17.5 Å². The molecule has 120 valence electrons. The van der Waals surface area contributed by atoms with Crippen LogP contribution in [0.2, 0.25) is 5.02 Å². The number of halogens is 1. The number of piperidine rings is 1. The van der Waals surface area contributed by atoms with E-state index in [-0.39, 0.29) is 5.91 Å². The quantitative estimate of drug-likeness (QED) is 0.810. The van der Waals surface area contributed by atoms with Gasteiger partial charge < -0.3 is 4.90 Å². The van der Waals surface area contributed by atoms with E-state index in [2.05, 4.69) is 11.9 Å². The minimum absolute atomic E-state index is 0.0328. The van der Waals surface area contributed by atoms with Crippen LogP contribution in [0, 0.1) is 0 Å².